The Labute approximate surface area is 197 Å². The number of hydrogen-bond acceptors (Lipinski definition) is 4. The van der Waals surface area contributed by atoms with E-state index >= 15 is 0 Å². The molecule has 1 atom stereocenters. The lowest BCUT2D eigenvalue weighted by Crippen LogP contribution is -2.44. The van der Waals surface area contributed by atoms with Crippen molar-refractivity contribution in [2.75, 3.05) is 42.5 Å². The first-order valence-corrected chi connectivity index (χ1v) is 10.9. The molecule has 0 bridgehead atoms. The van der Waals surface area contributed by atoms with Crippen LogP contribution in [0.15, 0.2) is 53.7 Å². The van der Waals surface area contributed by atoms with E-state index in [4.69, 9.17) is 4.99 Å². The van der Waals surface area contributed by atoms with Crippen molar-refractivity contribution in [3.05, 3.63) is 54.2 Å². The van der Waals surface area contributed by atoms with Gasteiger partial charge in [0.25, 0.3) is 0 Å². The first-order valence-electron chi connectivity index (χ1n) is 10.9. The molecule has 0 spiro atoms. The second-order valence-corrected chi connectivity index (χ2v) is 7.82. The minimum absolute atomic E-state index is 0. The molecule has 162 valence electrons. The van der Waals surface area contributed by atoms with E-state index < -0.39 is 0 Å². The molecular formula is C23H33IN6. The third-order valence-corrected chi connectivity index (χ3v) is 5.65. The second-order valence-electron chi connectivity index (χ2n) is 7.82. The summed E-state index contributed by atoms with van der Waals surface area (Å²) in [4.78, 5) is 14.2. The molecular weight excluding hydrogens is 487 g/mol. The molecule has 0 aliphatic carbocycles. The fourth-order valence-corrected chi connectivity index (χ4v) is 4.11. The Morgan fingerprint density at radius 3 is 2.67 bits per heavy atom. The Balaban J connectivity index is 0.00000256. The minimum atomic E-state index is 0. The van der Waals surface area contributed by atoms with Gasteiger partial charge in [0.15, 0.2) is 5.96 Å². The van der Waals surface area contributed by atoms with Gasteiger partial charge in [0, 0.05) is 50.6 Å². The predicted octanol–water partition coefficient (Wildman–Crippen LogP) is 3.63. The van der Waals surface area contributed by atoms with E-state index in [9.17, 15) is 0 Å². The van der Waals surface area contributed by atoms with Gasteiger partial charge in [-0.3, -0.25) is 0 Å². The Morgan fingerprint density at radius 2 is 1.90 bits per heavy atom. The maximum Gasteiger partial charge on any atom is 0.191 e. The molecule has 6 nitrogen and oxygen atoms in total. The van der Waals surface area contributed by atoms with Crippen molar-refractivity contribution < 1.29 is 0 Å². The maximum absolute atomic E-state index is 4.84. The Bertz CT molecular complexity index is 806. The van der Waals surface area contributed by atoms with Crippen molar-refractivity contribution in [3.63, 3.8) is 0 Å². The van der Waals surface area contributed by atoms with Gasteiger partial charge < -0.3 is 20.4 Å². The highest BCUT2D eigenvalue weighted by molar-refractivity contribution is 14.0. The number of aromatic nitrogens is 1. The molecule has 2 aliphatic heterocycles. The monoisotopic (exact) mass is 520 g/mol. The number of para-hydroxylation sites is 1. The Kier molecular flexibility index (Phi) is 8.60. The van der Waals surface area contributed by atoms with Crippen LogP contribution in [0.25, 0.3) is 0 Å². The third-order valence-electron chi connectivity index (χ3n) is 5.65. The molecule has 2 saturated heterocycles. The molecule has 1 unspecified atom stereocenters. The summed E-state index contributed by atoms with van der Waals surface area (Å²) in [5.74, 6) is 1.98. The lowest BCUT2D eigenvalue weighted by molar-refractivity contribution is 0.649. The molecule has 2 fully saturated rings. The zero-order valence-corrected chi connectivity index (χ0v) is 20.1. The average Bonchev–Trinajstić information content (AvgIpc) is 3.46. The van der Waals surface area contributed by atoms with Crippen LogP contribution >= 0.6 is 24.0 Å². The molecule has 0 radical (unpaired) electrons. The molecule has 1 aromatic carbocycles. The molecule has 4 rings (SSSR count). The van der Waals surface area contributed by atoms with Crippen molar-refractivity contribution in [2.24, 2.45) is 4.99 Å². The number of halogens is 1. The first kappa shape index (κ1) is 22.7. The molecule has 1 aromatic heterocycles. The summed E-state index contributed by atoms with van der Waals surface area (Å²) in [7, 11) is 0. The highest BCUT2D eigenvalue weighted by atomic mass is 127. The lowest BCUT2D eigenvalue weighted by Gasteiger charge is -2.20. The summed E-state index contributed by atoms with van der Waals surface area (Å²) in [5, 5.41) is 7.03. The fourth-order valence-electron chi connectivity index (χ4n) is 4.11. The number of aliphatic imine (C=N–C) groups is 1. The van der Waals surface area contributed by atoms with Crippen LogP contribution in [0.1, 0.15) is 31.7 Å². The van der Waals surface area contributed by atoms with Crippen molar-refractivity contribution in [2.45, 2.75) is 38.8 Å². The second kappa shape index (κ2) is 11.4. The molecule has 30 heavy (non-hydrogen) atoms. The zero-order valence-electron chi connectivity index (χ0n) is 17.8. The van der Waals surface area contributed by atoms with E-state index in [1.807, 2.05) is 6.20 Å². The largest absolute Gasteiger partial charge is 0.369 e. The quantitative estimate of drug-likeness (QED) is 0.346. The highest BCUT2D eigenvalue weighted by Gasteiger charge is 2.23. The fraction of sp³-hybridized carbons (Fsp3) is 0.478. The van der Waals surface area contributed by atoms with Crippen LogP contribution in [0.2, 0.25) is 0 Å². The van der Waals surface area contributed by atoms with Gasteiger partial charge in [-0.05, 0) is 56.0 Å². The Hall–Kier alpha value is -2.03. The lowest BCUT2D eigenvalue weighted by atomic mass is 10.2. The zero-order chi connectivity index (χ0) is 19.9. The van der Waals surface area contributed by atoms with Crippen LogP contribution in [0.5, 0.6) is 0 Å². The smallest absolute Gasteiger partial charge is 0.191 e. The summed E-state index contributed by atoms with van der Waals surface area (Å²) >= 11 is 0. The van der Waals surface area contributed by atoms with Crippen LogP contribution in [0.4, 0.5) is 11.5 Å². The molecule has 3 heterocycles. The van der Waals surface area contributed by atoms with Gasteiger partial charge in [0.1, 0.15) is 5.82 Å². The Morgan fingerprint density at radius 1 is 1.10 bits per heavy atom. The summed E-state index contributed by atoms with van der Waals surface area (Å²) in [6, 6.07) is 15.3. The normalized spacial score (nSPS) is 19.0. The molecule has 0 saturated carbocycles. The maximum atomic E-state index is 4.84. The number of benzene rings is 1. The van der Waals surface area contributed by atoms with E-state index in [0.29, 0.717) is 12.6 Å². The summed E-state index contributed by atoms with van der Waals surface area (Å²) < 4.78 is 0. The number of nitrogens with zero attached hydrogens (tertiary/aromatic N) is 4. The summed E-state index contributed by atoms with van der Waals surface area (Å²) in [5.41, 5.74) is 2.50. The number of guanidine groups is 1. The highest BCUT2D eigenvalue weighted by Crippen LogP contribution is 2.20. The molecule has 2 N–H and O–H groups in total. The van der Waals surface area contributed by atoms with Crippen molar-refractivity contribution in [1.82, 2.24) is 15.6 Å². The average molecular weight is 520 g/mol. The van der Waals surface area contributed by atoms with Gasteiger partial charge in [-0.25, -0.2) is 9.98 Å². The number of hydrogen-bond donors (Lipinski definition) is 2. The summed E-state index contributed by atoms with van der Waals surface area (Å²) in [6.45, 7) is 7.94. The number of nitrogens with one attached hydrogen (secondary N) is 2. The number of pyridine rings is 1. The van der Waals surface area contributed by atoms with Crippen LogP contribution in [0, 0.1) is 0 Å². The number of rotatable bonds is 6. The van der Waals surface area contributed by atoms with Gasteiger partial charge >= 0.3 is 0 Å². The molecule has 2 aromatic rings. The minimum Gasteiger partial charge on any atom is -0.369 e. The first-order chi connectivity index (χ1) is 14.3. The van der Waals surface area contributed by atoms with Crippen molar-refractivity contribution in [3.8, 4) is 0 Å². The van der Waals surface area contributed by atoms with Crippen LogP contribution < -0.4 is 20.4 Å². The summed E-state index contributed by atoms with van der Waals surface area (Å²) in [6.07, 6.45) is 5.56. The number of anilines is 2. The third kappa shape index (κ3) is 6.00. The van der Waals surface area contributed by atoms with Gasteiger partial charge in [-0.15, -0.1) is 24.0 Å². The van der Waals surface area contributed by atoms with Gasteiger partial charge in [0.05, 0.1) is 6.54 Å². The van der Waals surface area contributed by atoms with E-state index in [0.717, 1.165) is 50.9 Å². The standard InChI is InChI=1S/C23H32N6.HI/c1-2-24-23(27-20-11-15-29(18-20)21-8-4-3-5-9-21)26-17-19-10-12-25-22(16-19)28-13-6-7-14-28;/h3-5,8-10,12,16,20H,2,6-7,11,13-15,17-18H2,1H3,(H2,24,26,27);1H. The van der Waals surface area contributed by atoms with E-state index in [-0.39, 0.29) is 24.0 Å². The van der Waals surface area contributed by atoms with Crippen LogP contribution in [0.3, 0.4) is 0 Å². The van der Waals surface area contributed by atoms with Crippen molar-refractivity contribution >= 4 is 41.4 Å². The van der Waals surface area contributed by atoms with Gasteiger partial charge in [-0.2, -0.15) is 0 Å². The van der Waals surface area contributed by atoms with Crippen molar-refractivity contribution in [1.29, 1.82) is 0 Å². The molecule has 2 aliphatic rings. The molecule has 7 heteroatoms. The van der Waals surface area contributed by atoms with Crippen LogP contribution in [-0.2, 0) is 6.54 Å². The van der Waals surface area contributed by atoms with E-state index in [1.165, 1.54) is 24.1 Å². The SMILES string of the molecule is CCNC(=NCc1ccnc(N2CCCC2)c1)NC1CCN(c2ccccc2)C1.I. The van der Waals surface area contributed by atoms with Gasteiger partial charge in [0.2, 0.25) is 0 Å². The van der Waals surface area contributed by atoms with E-state index in [1.54, 1.807) is 0 Å². The topological polar surface area (TPSA) is 55.8 Å². The molecule has 0 amide bonds. The van der Waals surface area contributed by atoms with E-state index in [2.05, 4.69) is 74.8 Å². The van der Waals surface area contributed by atoms with Gasteiger partial charge in [-0.1, -0.05) is 18.2 Å². The predicted molar refractivity (Wildman–Crippen MR) is 136 cm³/mol. The van der Waals surface area contributed by atoms with Crippen LogP contribution in [-0.4, -0.2) is 49.7 Å².